The molecule has 0 radical (unpaired) electrons. The Labute approximate surface area is 181 Å². The molecule has 1 saturated heterocycles. The Hall–Kier alpha value is -3.17. The van der Waals surface area contributed by atoms with Crippen molar-refractivity contribution < 1.29 is 22.7 Å². The Kier molecular flexibility index (Phi) is 7.09. The third-order valence-corrected chi connectivity index (χ3v) is 6.83. The number of hydrogen-bond acceptors (Lipinski definition) is 5. The Balaban J connectivity index is 1.58. The van der Waals surface area contributed by atoms with E-state index in [-0.39, 0.29) is 10.5 Å². The average molecular weight is 444 g/mol. The Bertz CT molecular complexity index is 1090. The van der Waals surface area contributed by atoms with Gasteiger partial charge in [0.25, 0.3) is 11.8 Å². The molecular weight excluding hydrogens is 418 g/mol. The second-order valence-electron chi connectivity index (χ2n) is 7.16. The van der Waals surface area contributed by atoms with E-state index in [1.807, 2.05) is 25.1 Å². The summed E-state index contributed by atoms with van der Waals surface area (Å²) in [5.74, 6) is -0.451. The zero-order chi connectivity index (χ0) is 22.4. The number of amides is 2. The van der Waals surface area contributed by atoms with Crippen LogP contribution in [0.25, 0.3) is 6.08 Å². The van der Waals surface area contributed by atoms with Crippen LogP contribution in [0.5, 0.6) is 5.75 Å². The SMILES string of the molecule is COc1ccc(C)cc1/C=C/C(=O)NNC(=O)c1ccc(S(=O)(=O)N2CCCC2)cc1. The van der Waals surface area contributed by atoms with Crippen molar-refractivity contribution in [1.29, 1.82) is 0 Å². The lowest BCUT2D eigenvalue weighted by Crippen LogP contribution is -2.40. The quantitative estimate of drug-likeness (QED) is 0.526. The number of nitrogens with one attached hydrogen (secondary N) is 2. The van der Waals surface area contributed by atoms with Gasteiger partial charge in [-0.1, -0.05) is 11.6 Å². The van der Waals surface area contributed by atoms with Crippen molar-refractivity contribution in [2.45, 2.75) is 24.7 Å². The number of ether oxygens (including phenoxy) is 1. The summed E-state index contributed by atoms with van der Waals surface area (Å²) in [6, 6.07) is 11.2. The van der Waals surface area contributed by atoms with Crippen LogP contribution in [0.1, 0.15) is 34.3 Å². The number of carbonyl (C=O) groups excluding carboxylic acids is 2. The zero-order valence-electron chi connectivity index (χ0n) is 17.4. The van der Waals surface area contributed by atoms with E-state index in [4.69, 9.17) is 4.74 Å². The molecule has 0 aromatic heterocycles. The van der Waals surface area contributed by atoms with E-state index in [1.165, 1.54) is 34.6 Å². The highest BCUT2D eigenvalue weighted by molar-refractivity contribution is 7.89. The maximum absolute atomic E-state index is 12.5. The number of benzene rings is 2. The van der Waals surface area contributed by atoms with Crippen LogP contribution >= 0.6 is 0 Å². The predicted molar refractivity (Wildman–Crippen MR) is 117 cm³/mol. The van der Waals surface area contributed by atoms with Crippen LogP contribution in [-0.4, -0.2) is 44.7 Å². The van der Waals surface area contributed by atoms with Crippen molar-refractivity contribution >= 4 is 27.9 Å². The molecule has 2 N–H and O–H groups in total. The number of methoxy groups -OCH3 is 1. The Morgan fingerprint density at radius 3 is 2.35 bits per heavy atom. The summed E-state index contributed by atoms with van der Waals surface area (Å²) in [5, 5.41) is 0. The first-order valence-corrected chi connectivity index (χ1v) is 11.3. The molecule has 2 aromatic rings. The maximum atomic E-state index is 12.5. The third-order valence-electron chi connectivity index (χ3n) is 4.92. The zero-order valence-corrected chi connectivity index (χ0v) is 18.2. The first-order chi connectivity index (χ1) is 14.8. The van der Waals surface area contributed by atoms with Gasteiger partial charge in [-0.2, -0.15) is 4.31 Å². The van der Waals surface area contributed by atoms with Crippen molar-refractivity contribution in [2.24, 2.45) is 0 Å². The molecule has 0 unspecified atom stereocenters. The Morgan fingerprint density at radius 2 is 1.71 bits per heavy atom. The van der Waals surface area contributed by atoms with Crippen LogP contribution in [0.3, 0.4) is 0 Å². The summed E-state index contributed by atoms with van der Waals surface area (Å²) in [6.45, 7) is 2.95. The average Bonchev–Trinajstić information content (AvgIpc) is 3.32. The highest BCUT2D eigenvalue weighted by Gasteiger charge is 2.27. The van der Waals surface area contributed by atoms with Crippen molar-refractivity contribution in [1.82, 2.24) is 15.2 Å². The van der Waals surface area contributed by atoms with Gasteiger partial charge in [-0.3, -0.25) is 20.4 Å². The monoisotopic (exact) mass is 443 g/mol. The molecule has 0 atom stereocenters. The number of hydrazine groups is 1. The smallest absolute Gasteiger partial charge is 0.269 e. The molecule has 0 saturated carbocycles. The van der Waals surface area contributed by atoms with Crippen LogP contribution in [0, 0.1) is 6.92 Å². The summed E-state index contributed by atoms with van der Waals surface area (Å²) < 4.78 is 31.8. The van der Waals surface area contributed by atoms with Gasteiger partial charge >= 0.3 is 0 Å². The highest BCUT2D eigenvalue weighted by Crippen LogP contribution is 2.22. The second-order valence-corrected chi connectivity index (χ2v) is 9.10. The predicted octanol–water partition coefficient (Wildman–Crippen LogP) is 2.26. The lowest BCUT2D eigenvalue weighted by atomic mass is 10.1. The van der Waals surface area contributed by atoms with Gasteiger partial charge in [0.05, 0.1) is 12.0 Å². The van der Waals surface area contributed by atoms with Crippen molar-refractivity contribution in [3.05, 3.63) is 65.2 Å². The number of nitrogens with zero attached hydrogens (tertiary/aromatic N) is 1. The van der Waals surface area contributed by atoms with Crippen LogP contribution in [-0.2, 0) is 14.8 Å². The van der Waals surface area contributed by atoms with E-state index in [9.17, 15) is 18.0 Å². The maximum Gasteiger partial charge on any atom is 0.269 e. The van der Waals surface area contributed by atoms with Crippen molar-refractivity contribution in [3.8, 4) is 5.75 Å². The molecule has 1 aliphatic heterocycles. The van der Waals surface area contributed by atoms with Crippen LogP contribution < -0.4 is 15.6 Å². The van der Waals surface area contributed by atoms with E-state index in [1.54, 1.807) is 13.2 Å². The largest absolute Gasteiger partial charge is 0.496 e. The molecule has 31 heavy (non-hydrogen) atoms. The van der Waals surface area contributed by atoms with Gasteiger partial charge in [0.1, 0.15) is 5.75 Å². The lowest BCUT2D eigenvalue weighted by Gasteiger charge is -2.15. The number of hydrogen-bond donors (Lipinski definition) is 2. The molecule has 0 spiro atoms. The fraction of sp³-hybridized carbons (Fsp3) is 0.273. The van der Waals surface area contributed by atoms with E-state index >= 15 is 0 Å². The fourth-order valence-corrected chi connectivity index (χ4v) is 4.75. The first-order valence-electron chi connectivity index (χ1n) is 9.84. The van der Waals surface area contributed by atoms with Crippen LogP contribution in [0.15, 0.2) is 53.4 Å². The molecule has 1 fully saturated rings. The summed E-state index contributed by atoms with van der Waals surface area (Å²) in [5.41, 5.74) is 6.59. The molecule has 1 aliphatic rings. The van der Waals surface area contributed by atoms with E-state index in [0.717, 1.165) is 24.0 Å². The van der Waals surface area contributed by atoms with Gasteiger partial charge in [0, 0.05) is 30.3 Å². The molecule has 0 bridgehead atoms. The lowest BCUT2D eigenvalue weighted by molar-refractivity contribution is -0.117. The second kappa shape index (κ2) is 9.76. The van der Waals surface area contributed by atoms with E-state index in [2.05, 4.69) is 10.9 Å². The van der Waals surface area contributed by atoms with E-state index in [0.29, 0.717) is 18.8 Å². The molecule has 164 valence electrons. The minimum Gasteiger partial charge on any atom is -0.496 e. The van der Waals surface area contributed by atoms with Crippen LogP contribution in [0.2, 0.25) is 0 Å². The molecule has 2 aromatic carbocycles. The minimum absolute atomic E-state index is 0.144. The number of aryl methyl sites for hydroxylation is 1. The highest BCUT2D eigenvalue weighted by atomic mass is 32.2. The van der Waals surface area contributed by atoms with Crippen molar-refractivity contribution in [2.75, 3.05) is 20.2 Å². The van der Waals surface area contributed by atoms with Gasteiger partial charge in [-0.25, -0.2) is 8.42 Å². The minimum atomic E-state index is -3.54. The first kappa shape index (κ1) is 22.5. The van der Waals surface area contributed by atoms with Gasteiger partial charge in [0.2, 0.25) is 10.0 Å². The molecule has 3 rings (SSSR count). The molecule has 1 heterocycles. The summed E-state index contributed by atoms with van der Waals surface area (Å²) in [7, 11) is -1.99. The van der Waals surface area contributed by atoms with Crippen LogP contribution in [0.4, 0.5) is 0 Å². The Morgan fingerprint density at radius 1 is 1.03 bits per heavy atom. The summed E-state index contributed by atoms with van der Waals surface area (Å²) in [4.78, 5) is 24.4. The normalized spacial score (nSPS) is 14.5. The topological polar surface area (TPSA) is 105 Å². The van der Waals surface area contributed by atoms with Gasteiger partial charge in [-0.15, -0.1) is 0 Å². The molecular formula is C22H25N3O5S. The van der Waals surface area contributed by atoms with E-state index < -0.39 is 21.8 Å². The van der Waals surface area contributed by atoms with Gasteiger partial charge in [0.15, 0.2) is 0 Å². The number of carbonyl (C=O) groups is 2. The van der Waals surface area contributed by atoms with Gasteiger partial charge < -0.3 is 4.74 Å². The van der Waals surface area contributed by atoms with Gasteiger partial charge in [-0.05, 0) is 62.2 Å². The molecule has 0 aliphatic carbocycles. The number of rotatable bonds is 6. The standard InChI is InChI=1S/C22H25N3O5S/c1-16-5-11-20(30-2)18(15-16)8-12-21(26)23-24-22(27)17-6-9-19(10-7-17)31(28,29)25-13-3-4-14-25/h5-12,15H,3-4,13-14H2,1-2H3,(H,23,26)(H,24,27)/b12-8+. The summed E-state index contributed by atoms with van der Waals surface area (Å²) in [6.07, 6.45) is 4.57. The molecule has 2 amide bonds. The fourth-order valence-electron chi connectivity index (χ4n) is 3.24. The third kappa shape index (κ3) is 5.50. The summed E-state index contributed by atoms with van der Waals surface area (Å²) >= 11 is 0. The number of sulfonamides is 1. The van der Waals surface area contributed by atoms with Crippen molar-refractivity contribution in [3.63, 3.8) is 0 Å². The molecule has 8 nitrogen and oxygen atoms in total. The molecule has 9 heteroatoms.